The second kappa shape index (κ2) is 10.2. The van der Waals surface area contributed by atoms with Gasteiger partial charge in [-0.2, -0.15) is 23.5 Å². The lowest BCUT2D eigenvalue weighted by atomic mass is 9.80. The van der Waals surface area contributed by atoms with E-state index in [1.165, 1.54) is 23.3 Å². The number of thioether (sulfide) groups is 3. The van der Waals surface area contributed by atoms with Crippen molar-refractivity contribution in [2.45, 2.75) is 32.6 Å². The number of Topliss-reactive ketones (excluding diaryl/α,β-unsaturated/α-hetero) is 1. The molecular weight excluding hydrogens is 296 g/mol. The smallest absolute Gasteiger partial charge is 0.192 e. The molecule has 0 amide bonds. The van der Waals surface area contributed by atoms with Gasteiger partial charge in [0, 0.05) is 34.8 Å². The van der Waals surface area contributed by atoms with Crippen molar-refractivity contribution in [2.24, 2.45) is 11.8 Å². The molecule has 0 aromatic carbocycles. The van der Waals surface area contributed by atoms with Crippen molar-refractivity contribution >= 4 is 46.2 Å². The molecule has 5 heteroatoms. The summed E-state index contributed by atoms with van der Waals surface area (Å²) in [6.45, 7) is 1.66. The highest BCUT2D eigenvalue weighted by Gasteiger charge is 2.29. The standard InChI is InChI=1S/C14H24O2S3/c1-11(15)12-4-3-5-13(10-12)14(16)19-9-8-18-7-6-17-2/h12-13H,3-10H2,1-2H3. The molecule has 0 aromatic heterocycles. The van der Waals surface area contributed by atoms with Gasteiger partial charge in [-0.25, -0.2) is 0 Å². The van der Waals surface area contributed by atoms with Crippen LogP contribution in [0.25, 0.3) is 0 Å². The van der Waals surface area contributed by atoms with Crippen molar-refractivity contribution < 1.29 is 9.59 Å². The molecule has 0 saturated heterocycles. The first-order valence-corrected chi connectivity index (χ1v) is 10.4. The molecule has 110 valence electrons. The average molecular weight is 321 g/mol. The van der Waals surface area contributed by atoms with Gasteiger partial charge in [-0.15, -0.1) is 0 Å². The molecule has 2 nitrogen and oxygen atoms in total. The molecule has 1 rings (SSSR count). The lowest BCUT2D eigenvalue weighted by Crippen LogP contribution is -2.25. The Hall–Kier alpha value is 0.390. The predicted octanol–water partition coefficient (Wildman–Crippen LogP) is 3.74. The van der Waals surface area contributed by atoms with Crippen molar-refractivity contribution in [1.82, 2.24) is 0 Å². The first-order chi connectivity index (χ1) is 9.15. The van der Waals surface area contributed by atoms with E-state index >= 15 is 0 Å². The van der Waals surface area contributed by atoms with Crippen molar-refractivity contribution in [1.29, 1.82) is 0 Å². The predicted molar refractivity (Wildman–Crippen MR) is 89.3 cm³/mol. The van der Waals surface area contributed by atoms with Crippen LogP contribution in [0.15, 0.2) is 0 Å². The van der Waals surface area contributed by atoms with Crippen LogP contribution in [-0.4, -0.2) is 40.2 Å². The maximum absolute atomic E-state index is 12.1. The lowest BCUT2D eigenvalue weighted by Gasteiger charge is -2.26. The summed E-state index contributed by atoms with van der Waals surface area (Å²) in [5.41, 5.74) is 0. The highest BCUT2D eigenvalue weighted by atomic mass is 32.2. The Morgan fingerprint density at radius 1 is 1.05 bits per heavy atom. The minimum absolute atomic E-state index is 0.129. The molecule has 1 saturated carbocycles. The summed E-state index contributed by atoms with van der Waals surface area (Å²) >= 11 is 5.27. The van der Waals surface area contributed by atoms with Crippen molar-refractivity contribution in [3.8, 4) is 0 Å². The fourth-order valence-corrected chi connectivity index (χ4v) is 5.13. The fraction of sp³-hybridized carbons (Fsp3) is 0.857. The molecule has 1 fully saturated rings. The number of hydrogen-bond acceptors (Lipinski definition) is 5. The van der Waals surface area contributed by atoms with Crippen LogP contribution in [0.1, 0.15) is 32.6 Å². The van der Waals surface area contributed by atoms with Crippen LogP contribution in [-0.2, 0) is 9.59 Å². The van der Waals surface area contributed by atoms with Gasteiger partial charge in [0.1, 0.15) is 5.78 Å². The van der Waals surface area contributed by atoms with Gasteiger partial charge in [-0.05, 0) is 32.4 Å². The molecule has 0 radical (unpaired) electrons. The minimum Gasteiger partial charge on any atom is -0.300 e. The zero-order valence-electron chi connectivity index (χ0n) is 11.9. The maximum atomic E-state index is 12.1. The van der Waals surface area contributed by atoms with Crippen LogP contribution in [0, 0.1) is 11.8 Å². The van der Waals surface area contributed by atoms with Gasteiger partial charge in [0.2, 0.25) is 0 Å². The van der Waals surface area contributed by atoms with E-state index in [-0.39, 0.29) is 17.6 Å². The molecule has 0 bridgehead atoms. The third kappa shape index (κ3) is 7.09. The second-order valence-corrected chi connectivity index (χ2v) is 8.25. The Balaban J connectivity index is 2.16. The molecule has 0 N–H and O–H groups in total. The first-order valence-electron chi connectivity index (χ1n) is 6.89. The molecule has 0 aromatic rings. The summed E-state index contributed by atoms with van der Waals surface area (Å²) in [6, 6.07) is 0. The highest BCUT2D eigenvalue weighted by Crippen LogP contribution is 2.32. The van der Waals surface area contributed by atoms with E-state index in [1.54, 1.807) is 6.92 Å². The van der Waals surface area contributed by atoms with Crippen LogP contribution in [0.4, 0.5) is 0 Å². The number of rotatable bonds is 8. The Morgan fingerprint density at radius 3 is 2.42 bits per heavy atom. The number of hydrogen-bond donors (Lipinski definition) is 0. The number of ketones is 1. The number of carbonyl (C=O) groups excluding carboxylic acids is 2. The van der Waals surface area contributed by atoms with Gasteiger partial charge in [0.25, 0.3) is 0 Å². The summed E-state index contributed by atoms with van der Waals surface area (Å²) in [5, 5.41) is 0.316. The molecule has 0 heterocycles. The lowest BCUT2D eigenvalue weighted by molar-refractivity contribution is -0.123. The van der Waals surface area contributed by atoms with Gasteiger partial charge in [-0.1, -0.05) is 18.2 Å². The summed E-state index contributed by atoms with van der Waals surface area (Å²) in [4.78, 5) is 23.5. The molecule has 2 unspecified atom stereocenters. The van der Waals surface area contributed by atoms with Crippen molar-refractivity contribution in [2.75, 3.05) is 29.3 Å². The molecular formula is C14H24O2S3. The van der Waals surface area contributed by atoms with E-state index < -0.39 is 0 Å². The Kier molecular flexibility index (Phi) is 9.33. The van der Waals surface area contributed by atoms with Crippen LogP contribution in [0.3, 0.4) is 0 Å². The summed E-state index contributed by atoms with van der Waals surface area (Å²) < 4.78 is 0. The monoisotopic (exact) mass is 320 g/mol. The Morgan fingerprint density at radius 2 is 1.74 bits per heavy atom. The largest absolute Gasteiger partial charge is 0.300 e. The molecule has 0 spiro atoms. The zero-order valence-corrected chi connectivity index (χ0v) is 14.3. The van der Waals surface area contributed by atoms with E-state index in [0.29, 0.717) is 5.12 Å². The fourth-order valence-electron chi connectivity index (χ4n) is 2.34. The zero-order chi connectivity index (χ0) is 14.1. The second-order valence-electron chi connectivity index (χ2n) is 4.94. The van der Waals surface area contributed by atoms with Crippen LogP contribution < -0.4 is 0 Å². The maximum Gasteiger partial charge on any atom is 0.192 e. The first kappa shape index (κ1) is 17.4. The molecule has 1 aliphatic carbocycles. The summed E-state index contributed by atoms with van der Waals surface area (Å²) in [7, 11) is 0. The van der Waals surface area contributed by atoms with Gasteiger partial charge in [0.15, 0.2) is 5.12 Å². The Bertz CT molecular complexity index is 294. The molecule has 19 heavy (non-hydrogen) atoms. The van der Waals surface area contributed by atoms with Crippen molar-refractivity contribution in [3.05, 3.63) is 0 Å². The van der Waals surface area contributed by atoms with E-state index in [9.17, 15) is 9.59 Å². The summed E-state index contributed by atoms with van der Waals surface area (Å²) in [6.07, 6.45) is 5.90. The molecule has 1 aliphatic rings. The van der Waals surface area contributed by atoms with E-state index in [4.69, 9.17) is 0 Å². The quantitative estimate of drug-likeness (QED) is 0.637. The third-order valence-corrected chi connectivity index (χ3v) is 6.63. The van der Waals surface area contributed by atoms with Gasteiger partial charge in [-0.3, -0.25) is 9.59 Å². The minimum atomic E-state index is 0.129. The third-order valence-electron chi connectivity index (χ3n) is 3.49. The molecule has 0 aliphatic heterocycles. The average Bonchev–Trinajstić information content (AvgIpc) is 2.42. The van der Waals surface area contributed by atoms with Crippen LogP contribution in [0.5, 0.6) is 0 Å². The van der Waals surface area contributed by atoms with Crippen LogP contribution in [0.2, 0.25) is 0 Å². The van der Waals surface area contributed by atoms with Crippen LogP contribution >= 0.6 is 35.3 Å². The topological polar surface area (TPSA) is 34.1 Å². The van der Waals surface area contributed by atoms with Crippen molar-refractivity contribution in [3.63, 3.8) is 0 Å². The van der Waals surface area contributed by atoms with E-state index in [0.717, 1.165) is 37.2 Å². The highest BCUT2D eigenvalue weighted by molar-refractivity contribution is 8.14. The van der Waals surface area contributed by atoms with Gasteiger partial charge >= 0.3 is 0 Å². The number of carbonyl (C=O) groups is 2. The van der Waals surface area contributed by atoms with E-state index in [2.05, 4.69) is 6.26 Å². The normalized spacial score (nSPS) is 23.3. The van der Waals surface area contributed by atoms with Gasteiger partial charge in [0.05, 0.1) is 0 Å². The summed E-state index contributed by atoms with van der Waals surface area (Å²) in [5.74, 6) is 4.86. The van der Waals surface area contributed by atoms with E-state index in [1.807, 2.05) is 23.5 Å². The SMILES string of the molecule is CSCCSCCSC(=O)C1CCCC(C(C)=O)C1. The Labute approximate surface area is 129 Å². The van der Waals surface area contributed by atoms with Gasteiger partial charge < -0.3 is 0 Å². The molecule has 2 atom stereocenters.